The average Bonchev–Trinajstić information content (AvgIpc) is 2.44. The van der Waals surface area contributed by atoms with Gasteiger partial charge in [-0.1, -0.05) is 18.5 Å². The Labute approximate surface area is 129 Å². The summed E-state index contributed by atoms with van der Waals surface area (Å²) in [5, 5.41) is 3.55. The Morgan fingerprint density at radius 3 is 2.81 bits per heavy atom. The number of hydrogen-bond acceptors (Lipinski definition) is 3. The van der Waals surface area contributed by atoms with Gasteiger partial charge in [-0.2, -0.15) is 0 Å². The Hall–Kier alpha value is -1.65. The van der Waals surface area contributed by atoms with Crippen molar-refractivity contribution in [3.63, 3.8) is 0 Å². The summed E-state index contributed by atoms with van der Waals surface area (Å²) in [4.78, 5) is 4.30. The van der Waals surface area contributed by atoms with Gasteiger partial charge in [0.15, 0.2) is 0 Å². The Bertz CT molecular complexity index is 619. The molecule has 2 rings (SSSR count). The highest BCUT2D eigenvalue weighted by molar-refractivity contribution is 6.32. The van der Waals surface area contributed by atoms with E-state index in [1.54, 1.807) is 6.20 Å². The number of pyridine rings is 1. The molecule has 0 atom stereocenters. The fourth-order valence-electron chi connectivity index (χ4n) is 1.90. The molecule has 21 heavy (non-hydrogen) atoms. The fraction of sp³-hybridized carbons (Fsp3) is 0.312. The summed E-state index contributed by atoms with van der Waals surface area (Å²) in [6.45, 7) is 5.80. The van der Waals surface area contributed by atoms with E-state index < -0.39 is 5.82 Å². The van der Waals surface area contributed by atoms with E-state index in [1.165, 1.54) is 18.2 Å². The molecule has 3 nitrogen and oxygen atoms in total. The van der Waals surface area contributed by atoms with Crippen LogP contribution in [0.5, 0.6) is 11.6 Å². The van der Waals surface area contributed by atoms with Gasteiger partial charge >= 0.3 is 0 Å². The van der Waals surface area contributed by atoms with Crippen molar-refractivity contribution in [1.82, 2.24) is 10.3 Å². The third-order valence-electron chi connectivity index (χ3n) is 2.94. The lowest BCUT2D eigenvalue weighted by Gasteiger charge is -2.10. The Kier molecular flexibility index (Phi) is 5.53. The topological polar surface area (TPSA) is 34.2 Å². The van der Waals surface area contributed by atoms with Gasteiger partial charge in [-0.25, -0.2) is 9.37 Å². The van der Waals surface area contributed by atoms with Gasteiger partial charge in [0.05, 0.1) is 5.02 Å². The van der Waals surface area contributed by atoms with Crippen LogP contribution in [-0.4, -0.2) is 11.5 Å². The van der Waals surface area contributed by atoms with Crippen molar-refractivity contribution in [3.8, 4) is 11.6 Å². The van der Waals surface area contributed by atoms with Crippen LogP contribution in [0.3, 0.4) is 0 Å². The highest BCUT2D eigenvalue weighted by atomic mass is 35.5. The van der Waals surface area contributed by atoms with E-state index in [4.69, 9.17) is 16.3 Å². The maximum atomic E-state index is 13.0. The van der Waals surface area contributed by atoms with Crippen LogP contribution in [0.1, 0.15) is 24.5 Å². The average molecular weight is 309 g/mol. The Balaban J connectivity index is 2.10. The first-order valence-electron chi connectivity index (χ1n) is 6.89. The minimum Gasteiger partial charge on any atom is -0.437 e. The smallest absolute Gasteiger partial charge is 0.222 e. The summed E-state index contributed by atoms with van der Waals surface area (Å²) in [6, 6.07) is 6.03. The number of aryl methyl sites for hydroxylation is 1. The monoisotopic (exact) mass is 308 g/mol. The molecule has 1 aromatic carbocycles. The fourth-order valence-corrected chi connectivity index (χ4v) is 2.10. The normalized spacial score (nSPS) is 10.7. The second-order valence-corrected chi connectivity index (χ2v) is 5.23. The van der Waals surface area contributed by atoms with Gasteiger partial charge in [-0.3, -0.25) is 0 Å². The van der Waals surface area contributed by atoms with Gasteiger partial charge in [0.25, 0.3) is 0 Å². The third-order valence-corrected chi connectivity index (χ3v) is 3.24. The van der Waals surface area contributed by atoms with E-state index in [0.29, 0.717) is 11.6 Å². The number of benzene rings is 1. The zero-order valence-electron chi connectivity index (χ0n) is 12.1. The lowest BCUT2D eigenvalue weighted by Crippen LogP contribution is -2.14. The summed E-state index contributed by atoms with van der Waals surface area (Å²) >= 11 is 5.94. The molecule has 0 aliphatic rings. The predicted octanol–water partition coefficient (Wildman–Crippen LogP) is 4.47. The number of nitrogens with zero attached hydrogens (tertiary/aromatic N) is 1. The van der Waals surface area contributed by atoms with Crippen LogP contribution < -0.4 is 10.1 Å². The van der Waals surface area contributed by atoms with Crippen molar-refractivity contribution in [1.29, 1.82) is 0 Å². The highest BCUT2D eigenvalue weighted by Gasteiger charge is 2.08. The molecule has 0 bridgehead atoms. The van der Waals surface area contributed by atoms with E-state index >= 15 is 0 Å². The quantitative estimate of drug-likeness (QED) is 0.799. The SMILES string of the molecule is CCCNCc1cnc(Oc2ccc(F)cc2Cl)c(C)c1. The molecule has 2 aromatic rings. The molecule has 112 valence electrons. The molecule has 1 heterocycles. The Morgan fingerprint density at radius 1 is 1.33 bits per heavy atom. The van der Waals surface area contributed by atoms with Crippen LogP contribution in [0.2, 0.25) is 5.02 Å². The first-order valence-corrected chi connectivity index (χ1v) is 7.27. The highest BCUT2D eigenvalue weighted by Crippen LogP contribution is 2.30. The van der Waals surface area contributed by atoms with Gasteiger partial charge in [-0.15, -0.1) is 0 Å². The molecule has 0 amide bonds. The summed E-state index contributed by atoms with van der Waals surface area (Å²) < 4.78 is 18.6. The van der Waals surface area contributed by atoms with Crippen molar-refractivity contribution in [3.05, 3.63) is 52.4 Å². The van der Waals surface area contributed by atoms with Crippen molar-refractivity contribution < 1.29 is 9.13 Å². The van der Waals surface area contributed by atoms with Crippen LogP contribution in [0.15, 0.2) is 30.5 Å². The minimum absolute atomic E-state index is 0.227. The summed E-state index contributed by atoms with van der Waals surface area (Å²) in [5.74, 6) is 0.475. The van der Waals surface area contributed by atoms with Crippen molar-refractivity contribution in [2.75, 3.05) is 6.54 Å². The van der Waals surface area contributed by atoms with Crippen LogP contribution >= 0.6 is 11.6 Å². The summed E-state index contributed by atoms with van der Waals surface area (Å²) in [5.41, 5.74) is 2.00. The van der Waals surface area contributed by atoms with Crippen LogP contribution in [0.4, 0.5) is 4.39 Å². The van der Waals surface area contributed by atoms with E-state index in [0.717, 1.165) is 30.6 Å². The molecule has 1 N–H and O–H groups in total. The number of ether oxygens (including phenoxy) is 1. The summed E-state index contributed by atoms with van der Waals surface area (Å²) in [6.07, 6.45) is 2.86. The third kappa shape index (κ3) is 4.41. The van der Waals surface area contributed by atoms with E-state index in [1.807, 2.05) is 13.0 Å². The first-order chi connectivity index (χ1) is 10.1. The van der Waals surface area contributed by atoms with Crippen LogP contribution in [-0.2, 0) is 6.54 Å². The minimum atomic E-state index is -0.394. The zero-order chi connectivity index (χ0) is 15.2. The maximum absolute atomic E-state index is 13.0. The molecular formula is C16H18ClFN2O. The number of halogens is 2. The predicted molar refractivity (Wildman–Crippen MR) is 82.5 cm³/mol. The number of nitrogens with one attached hydrogen (secondary N) is 1. The molecule has 0 unspecified atom stereocenters. The molecule has 0 spiro atoms. The lowest BCUT2D eigenvalue weighted by molar-refractivity contribution is 0.457. The largest absolute Gasteiger partial charge is 0.437 e. The van der Waals surface area contributed by atoms with Gasteiger partial charge in [-0.05, 0) is 49.7 Å². The molecule has 1 aromatic heterocycles. The first kappa shape index (κ1) is 15.7. The summed E-state index contributed by atoms with van der Waals surface area (Å²) in [7, 11) is 0. The second kappa shape index (κ2) is 7.38. The van der Waals surface area contributed by atoms with Gasteiger partial charge in [0.1, 0.15) is 11.6 Å². The van der Waals surface area contributed by atoms with Crippen LogP contribution in [0.25, 0.3) is 0 Å². The molecule has 0 aliphatic heterocycles. The van der Waals surface area contributed by atoms with Crippen molar-refractivity contribution in [2.24, 2.45) is 0 Å². The molecule has 0 aliphatic carbocycles. The molecule has 5 heteroatoms. The maximum Gasteiger partial charge on any atom is 0.222 e. The van der Waals surface area contributed by atoms with Gasteiger partial charge in [0, 0.05) is 18.3 Å². The number of rotatable bonds is 6. The number of aromatic nitrogens is 1. The van der Waals surface area contributed by atoms with Crippen molar-refractivity contribution >= 4 is 11.6 Å². The second-order valence-electron chi connectivity index (χ2n) is 4.82. The van der Waals surface area contributed by atoms with E-state index in [-0.39, 0.29) is 5.02 Å². The number of hydrogen-bond donors (Lipinski definition) is 1. The van der Waals surface area contributed by atoms with Gasteiger partial charge in [0.2, 0.25) is 5.88 Å². The van der Waals surface area contributed by atoms with E-state index in [2.05, 4.69) is 17.2 Å². The molecular weight excluding hydrogens is 291 g/mol. The zero-order valence-corrected chi connectivity index (χ0v) is 12.9. The standard InChI is InChI=1S/C16H18ClFN2O/c1-3-6-19-9-12-7-11(2)16(20-10-12)21-15-5-4-13(18)8-14(15)17/h4-5,7-8,10,19H,3,6,9H2,1-2H3. The van der Waals surface area contributed by atoms with Crippen molar-refractivity contribution in [2.45, 2.75) is 26.8 Å². The van der Waals surface area contributed by atoms with Gasteiger partial charge < -0.3 is 10.1 Å². The molecule has 0 saturated heterocycles. The lowest BCUT2D eigenvalue weighted by atomic mass is 10.2. The molecule has 0 radical (unpaired) electrons. The van der Waals surface area contributed by atoms with Crippen LogP contribution in [0, 0.1) is 12.7 Å². The Morgan fingerprint density at radius 2 is 2.14 bits per heavy atom. The van der Waals surface area contributed by atoms with E-state index in [9.17, 15) is 4.39 Å². The molecule has 0 fully saturated rings. The molecule has 0 saturated carbocycles.